The maximum atomic E-state index is 10.3. The van der Waals surface area contributed by atoms with Gasteiger partial charge in [-0.1, -0.05) is 0 Å². The molecule has 20 heavy (non-hydrogen) atoms. The molecule has 0 fully saturated rings. The number of anilines is 2. The summed E-state index contributed by atoms with van der Waals surface area (Å²) in [5, 5.41) is 14.4. The van der Waals surface area contributed by atoms with Crippen LogP contribution in [0.4, 0.5) is 11.8 Å². The smallest absolute Gasteiger partial charge is 0.223 e. The number of thiophene rings is 1. The van der Waals surface area contributed by atoms with Crippen molar-refractivity contribution in [3.63, 3.8) is 0 Å². The number of aromatic nitrogens is 2. The molecule has 2 aromatic heterocycles. The first-order valence-corrected chi connectivity index (χ1v) is 7.23. The SMILES string of the molecule is Cc1cc2c(NCC(C)(O)CN(C)C)nc(N)nc2s1. The summed E-state index contributed by atoms with van der Waals surface area (Å²) in [5.74, 6) is 0.921. The van der Waals surface area contributed by atoms with Crippen molar-refractivity contribution in [1.82, 2.24) is 14.9 Å². The molecule has 2 aromatic rings. The highest BCUT2D eigenvalue weighted by molar-refractivity contribution is 7.18. The van der Waals surface area contributed by atoms with Crippen molar-refractivity contribution >= 4 is 33.3 Å². The second-order valence-corrected chi connectivity index (χ2v) is 6.83. The molecule has 0 aliphatic rings. The van der Waals surface area contributed by atoms with E-state index in [0.29, 0.717) is 18.9 Å². The number of hydrogen-bond donors (Lipinski definition) is 3. The van der Waals surface area contributed by atoms with E-state index < -0.39 is 5.60 Å². The molecule has 6 nitrogen and oxygen atoms in total. The summed E-state index contributed by atoms with van der Waals surface area (Å²) in [7, 11) is 3.86. The van der Waals surface area contributed by atoms with Gasteiger partial charge in [0, 0.05) is 18.0 Å². The minimum Gasteiger partial charge on any atom is -0.387 e. The van der Waals surface area contributed by atoms with Gasteiger partial charge in [-0.05, 0) is 34.0 Å². The number of rotatable bonds is 5. The van der Waals surface area contributed by atoms with Gasteiger partial charge in [-0.25, -0.2) is 4.98 Å². The summed E-state index contributed by atoms with van der Waals surface area (Å²) in [4.78, 5) is 12.4. The van der Waals surface area contributed by atoms with Crippen molar-refractivity contribution in [2.45, 2.75) is 19.4 Å². The number of nitrogen functional groups attached to an aromatic ring is 1. The molecule has 0 spiro atoms. The van der Waals surface area contributed by atoms with Crippen LogP contribution in [0.1, 0.15) is 11.8 Å². The monoisotopic (exact) mass is 295 g/mol. The topological polar surface area (TPSA) is 87.3 Å². The molecule has 1 unspecified atom stereocenters. The van der Waals surface area contributed by atoms with Gasteiger partial charge in [-0.3, -0.25) is 0 Å². The minimum atomic E-state index is -0.847. The van der Waals surface area contributed by atoms with Crippen molar-refractivity contribution < 1.29 is 5.11 Å². The number of nitrogens with one attached hydrogen (secondary N) is 1. The van der Waals surface area contributed by atoms with E-state index in [1.807, 2.05) is 32.0 Å². The van der Waals surface area contributed by atoms with Crippen molar-refractivity contribution in [3.05, 3.63) is 10.9 Å². The zero-order valence-electron chi connectivity index (χ0n) is 12.3. The molecule has 7 heteroatoms. The maximum absolute atomic E-state index is 10.3. The molecule has 0 saturated carbocycles. The molecule has 4 N–H and O–H groups in total. The fraction of sp³-hybridized carbons (Fsp3) is 0.538. The summed E-state index contributed by atoms with van der Waals surface area (Å²) in [6.45, 7) is 4.77. The molecule has 0 aliphatic heterocycles. The Kier molecular flexibility index (Phi) is 4.12. The Hall–Kier alpha value is -1.44. The van der Waals surface area contributed by atoms with Crippen LogP contribution in [0.3, 0.4) is 0 Å². The van der Waals surface area contributed by atoms with Crippen molar-refractivity contribution in [2.75, 3.05) is 38.2 Å². The lowest BCUT2D eigenvalue weighted by atomic mass is 10.1. The molecular formula is C13H21N5OS. The summed E-state index contributed by atoms with van der Waals surface area (Å²) < 4.78 is 0. The van der Waals surface area contributed by atoms with Crippen molar-refractivity contribution in [3.8, 4) is 0 Å². The Morgan fingerprint density at radius 3 is 2.80 bits per heavy atom. The van der Waals surface area contributed by atoms with Crippen LogP contribution in [0.2, 0.25) is 0 Å². The van der Waals surface area contributed by atoms with Gasteiger partial charge in [0.25, 0.3) is 0 Å². The molecule has 0 saturated heterocycles. The summed E-state index contributed by atoms with van der Waals surface area (Å²) >= 11 is 1.58. The van der Waals surface area contributed by atoms with E-state index in [-0.39, 0.29) is 5.95 Å². The predicted molar refractivity (Wildman–Crippen MR) is 84.2 cm³/mol. The second-order valence-electron chi connectivity index (χ2n) is 5.59. The van der Waals surface area contributed by atoms with E-state index >= 15 is 0 Å². The van der Waals surface area contributed by atoms with Gasteiger partial charge >= 0.3 is 0 Å². The molecule has 1 atom stereocenters. The Morgan fingerprint density at radius 2 is 2.15 bits per heavy atom. The number of nitrogens with two attached hydrogens (primary N) is 1. The Bertz CT molecular complexity index is 608. The molecule has 0 radical (unpaired) electrons. The van der Waals surface area contributed by atoms with Crippen molar-refractivity contribution in [1.29, 1.82) is 0 Å². The highest BCUT2D eigenvalue weighted by Gasteiger charge is 2.22. The van der Waals surface area contributed by atoms with Gasteiger partial charge in [-0.15, -0.1) is 11.3 Å². The zero-order chi connectivity index (χ0) is 14.9. The van der Waals surface area contributed by atoms with Gasteiger partial charge in [0.05, 0.1) is 11.0 Å². The number of hydrogen-bond acceptors (Lipinski definition) is 7. The van der Waals surface area contributed by atoms with Crippen molar-refractivity contribution in [2.24, 2.45) is 0 Å². The molecule has 0 aliphatic carbocycles. The summed E-state index contributed by atoms with van der Waals surface area (Å²) in [6, 6.07) is 2.03. The van der Waals surface area contributed by atoms with Crippen LogP contribution in [-0.2, 0) is 0 Å². The van der Waals surface area contributed by atoms with Crippen LogP contribution in [0.25, 0.3) is 10.2 Å². The van der Waals surface area contributed by atoms with E-state index in [1.54, 1.807) is 18.3 Å². The zero-order valence-corrected chi connectivity index (χ0v) is 13.1. The van der Waals surface area contributed by atoms with Gasteiger partial charge in [0.1, 0.15) is 10.6 Å². The maximum Gasteiger partial charge on any atom is 0.223 e. The van der Waals surface area contributed by atoms with Gasteiger partial charge in [0.15, 0.2) is 0 Å². The van der Waals surface area contributed by atoms with Crippen LogP contribution in [0.5, 0.6) is 0 Å². The third kappa shape index (κ3) is 3.56. The first kappa shape index (κ1) is 15.0. The quantitative estimate of drug-likeness (QED) is 0.771. The molecule has 0 amide bonds. The molecular weight excluding hydrogens is 274 g/mol. The van der Waals surface area contributed by atoms with Gasteiger partial charge < -0.3 is 21.1 Å². The first-order chi connectivity index (χ1) is 9.27. The first-order valence-electron chi connectivity index (χ1n) is 6.41. The Balaban J connectivity index is 2.21. The summed E-state index contributed by atoms with van der Waals surface area (Å²) in [5.41, 5.74) is 4.88. The normalized spacial score (nSPS) is 14.7. The predicted octanol–water partition coefficient (Wildman–Crippen LogP) is 1.31. The highest BCUT2D eigenvalue weighted by atomic mass is 32.1. The third-order valence-corrected chi connectivity index (χ3v) is 3.77. The van der Waals surface area contributed by atoms with E-state index in [9.17, 15) is 5.11 Å². The lowest BCUT2D eigenvalue weighted by molar-refractivity contribution is 0.0459. The van der Waals surface area contributed by atoms with Crippen LogP contribution in [0.15, 0.2) is 6.07 Å². The number of nitrogens with zero attached hydrogens (tertiary/aromatic N) is 3. The van der Waals surface area contributed by atoms with Crippen LogP contribution < -0.4 is 11.1 Å². The Morgan fingerprint density at radius 1 is 1.45 bits per heavy atom. The highest BCUT2D eigenvalue weighted by Crippen LogP contribution is 2.29. The minimum absolute atomic E-state index is 0.245. The third-order valence-electron chi connectivity index (χ3n) is 2.83. The van der Waals surface area contributed by atoms with Gasteiger partial charge in [-0.2, -0.15) is 4.98 Å². The molecule has 0 aromatic carbocycles. The second kappa shape index (κ2) is 5.51. The van der Waals surface area contributed by atoms with E-state index in [2.05, 4.69) is 15.3 Å². The molecule has 2 heterocycles. The average molecular weight is 295 g/mol. The van der Waals surface area contributed by atoms with Crippen LogP contribution >= 0.6 is 11.3 Å². The molecule has 110 valence electrons. The average Bonchev–Trinajstić information content (AvgIpc) is 2.64. The fourth-order valence-electron chi connectivity index (χ4n) is 2.20. The number of fused-ring (bicyclic) bond motifs is 1. The number of aryl methyl sites for hydroxylation is 1. The van der Waals surface area contributed by atoms with Crippen LogP contribution in [0, 0.1) is 6.92 Å². The van der Waals surface area contributed by atoms with E-state index in [1.165, 1.54) is 0 Å². The summed E-state index contributed by atoms with van der Waals surface area (Å²) in [6.07, 6.45) is 0. The number of likely N-dealkylation sites (N-methyl/N-ethyl adjacent to an activating group) is 1. The largest absolute Gasteiger partial charge is 0.387 e. The lowest BCUT2D eigenvalue weighted by Crippen LogP contribution is -2.43. The molecule has 2 rings (SSSR count). The lowest BCUT2D eigenvalue weighted by Gasteiger charge is -2.27. The standard InChI is InChI=1S/C13H21N5OS/c1-8-5-9-10(16-12(14)17-11(9)20-8)15-6-13(2,19)7-18(3)4/h5,19H,6-7H2,1-4H3,(H3,14,15,16,17). The van der Waals surface area contributed by atoms with Gasteiger partial charge in [0.2, 0.25) is 5.95 Å². The molecule has 0 bridgehead atoms. The van der Waals surface area contributed by atoms with E-state index in [4.69, 9.17) is 5.73 Å². The Labute approximate surface area is 122 Å². The fourth-order valence-corrected chi connectivity index (χ4v) is 3.09. The number of aliphatic hydroxyl groups is 1. The van der Waals surface area contributed by atoms with E-state index in [0.717, 1.165) is 15.1 Å². The van der Waals surface area contributed by atoms with Crippen LogP contribution in [-0.4, -0.2) is 52.8 Å².